The molecule has 4 nitrogen and oxygen atoms in total. The van der Waals surface area contributed by atoms with E-state index in [0.717, 1.165) is 27.7 Å². The predicted molar refractivity (Wildman–Crippen MR) is 105 cm³/mol. The predicted octanol–water partition coefficient (Wildman–Crippen LogP) is 3.65. The summed E-state index contributed by atoms with van der Waals surface area (Å²) in [6.07, 6.45) is 0.616. The highest BCUT2D eigenvalue weighted by Crippen LogP contribution is 2.23. The highest BCUT2D eigenvalue weighted by molar-refractivity contribution is 7.80. The monoisotopic (exact) mass is 347 g/mol. The molecule has 2 heterocycles. The first-order chi connectivity index (χ1) is 12.1. The van der Waals surface area contributed by atoms with E-state index in [1.807, 2.05) is 43.3 Å². The molecule has 1 unspecified atom stereocenters. The van der Waals surface area contributed by atoms with E-state index in [1.165, 1.54) is 0 Å². The lowest BCUT2D eigenvalue weighted by Crippen LogP contribution is -2.35. The Kier molecular flexibility index (Phi) is 3.93. The van der Waals surface area contributed by atoms with Crippen LogP contribution in [0.5, 0.6) is 0 Å². The number of fused-ring (bicyclic) bond motifs is 1. The van der Waals surface area contributed by atoms with E-state index in [4.69, 9.17) is 12.2 Å². The first-order valence-electron chi connectivity index (χ1n) is 8.17. The van der Waals surface area contributed by atoms with Gasteiger partial charge in [0.05, 0.1) is 17.3 Å². The van der Waals surface area contributed by atoms with Gasteiger partial charge in [0.15, 0.2) is 5.11 Å². The molecule has 0 amide bonds. The normalized spacial score (nSPS) is 17.2. The Bertz CT molecular complexity index is 1050. The number of aromatic amines is 1. The molecule has 0 aliphatic carbocycles. The molecule has 5 heteroatoms. The number of pyridine rings is 1. The van der Waals surface area contributed by atoms with Crippen LogP contribution >= 0.6 is 12.2 Å². The average molecular weight is 347 g/mol. The number of nitrogens with zero attached hydrogens (tertiary/aromatic N) is 1. The van der Waals surface area contributed by atoms with Gasteiger partial charge in [-0.25, -0.2) is 4.99 Å². The van der Waals surface area contributed by atoms with Crippen LogP contribution in [-0.4, -0.2) is 15.8 Å². The molecule has 3 aromatic rings. The first kappa shape index (κ1) is 15.7. The summed E-state index contributed by atoms with van der Waals surface area (Å²) in [6.45, 7) is 2.03. The van der Waals surface area contributed by atoms with Crippen molar-refractivity contribution in [2.45, 2.75) is 19.4 Å². The molecule has 0 spiro atoms. The summed E-state index contributed by atoms with van der Waals surface area (Å²) in [5.41, 5.74) is 4.29. The van der Waals surface area contributed by atoms with Gasteiger partial charge in [0.1, 0.15) is 0 Å². The maximum atomic E-state index is 12.6. The molecule has 0 saturated heterocycles. The van der Waals surface area contributed by atoms with Gasteiger partial charge in [-0.1, -0.05) is 42.0 Å². The molecule has 1 atom stereocenters. The second-order valence-corrected chi connectivity index (χ2v) is 6.66. The second-order valence-electron chi connectivity index (χ2n) is 6.28. The molecule has 25 heavy (non-hydrogen) atoms. The van der Waals surface area contributed by atoms with E-state index < -0.39 is 0 Å². The Hall–Kier alpha value is -2.79. The number of aliphatic imine (C=N–C) groups is 1. The van der Waals surface area contributed by atoms with Crippen molar-refractivity contribution in [2.75, 3.05) is 0 Å². The smallest absolute Gasteiger partial charge is 0.257 e. The summed E-state index contributed by atoms with van der Waals surface area (Å²) in [5.74, 6) is 0. The number of hydrogen-bond acceptors (Lipinski definition) is 2. The fraction of sp³-hybridized carbons (Fsp3) is 0.150. The van der Waals surface area contributed by atoms with Gasteiger partial charge in [0.2, 0.25) is 0 Å². The largest absolute Gasteiger partial charge is 0.354 e. The molecule has 2 aromatic carbocycles. The van der Waals surface area contributed by atoms with Crippen molar-refractivity contribution in [3.8, 4) is 0 Å². The van der Waals surface area contributed by atoms with E-state index >= 15 is 0 Å². The van der Waals surface area contributed by atoms with Crippen LogP contribution in [0.25, 0.3) is 10.9 Å². The molecular formula is C20H17N3OS. The highest BCUT2D eigenvalue weighted by Gasteiger charge is 2.23. The van der Waals surface area contributed by atoms with Crippen LogP contribution in [0, 0.1) is 6.92 Å². The number of rotatable bonds is 2. The summed E-state index contributed by atoms with van der Waals surface area (Å²) in [4.78, 5) is 20.0. The van der Waals surface area contributed by atoms with Crippen LogP contribution in [0.3, 0.4) is 0 Å². The zero-order chi connectivity index (χ0) is 17.4. The Balaban J connectivity index is 1.78. The van der Waals surface area contributed by atoms with E-state index in [1.54, 1.807) is 0 Å². The SMILES string of the molecule is Cc1ccc2[nH]c(=O)c(C3=NC(=S)NC(c4ccccc4)C3)cc2c1. The van der Waals surface area contributed by atoms with Crippen LogP contribution in [-0.2, 0) is 0 Å². The van der Waals surface area contributed by atoms with Crippen molar-refractivity contribution in [1.82, 2.24) is 10.3 Å². The average Bonchev–Trinajstić information content (AvgIpc) is 2.62. The third kappa shape index (κ3) is 3.10. The van der Waals surface area contributed by atoms with Gasteiger partial charge in [-0.3, -0.25) is 4.79 Å². The Morgan fingerprint density at radius 2 is 1.92 bits per heavy atom. The van der Waals surface area contributed by atoms with Crippen LogP contribution in [0.15, 0.2) is 64.4 Å². The van der Waals surface area contributed by atoms with Gasteiger partial charge in [0.25, 0.3) is 5.56 Å². The maximum Gasteiger partial charge on any atom is 0.257 e. The van der Waals surface area contributed by atoms with Crippen LogP contribution in [0.2, 0.25) is 0 Å². The minimum Gasteiger partial charge on any atom is -0.354 e. The first-order valence-corrected chi connectivity index (χ1v) is 8.58. The van der Waals surface area contributed by atoms with Gasteiger partial charge < -0.3 is 10.3 Å². The Morgan fingerprint density at radius 3 is 2.72 bits per heavy atom. The molecule has 124 valence electrons. The summed E-state index contributed by atoms with van der Waals surface area (Å²) in [7, 11) is 0. The van der Waals surface area contributed by atoms with Crippen LogP contribution in [0.1, 0.15) is 29.2 Å². The van der Waals surface area contributed by atoms with E-state index in [-0.39, 0.29) is 11.6 Å². The van der Waals surface area contributed by atoms with Crippen molar-refractivity contribution >= 4 is 33.9 Å². The summed E-state index contributed by atoms with van der Waals surface area (Å²) in [6, 6.07) is 18.0. The Labute approximate surface area is 150 Å². The summed E-state index contributed by atoms with van der Waals surface area (Å²) >= 11 is 5.31. The van der Waals surface area contributed by atoms with Gasteiger partial charge in [-0.2, -0.15) is 0 Å². The van der Waals surface area contributed by atoms with Crippen LogP contribution < -0.4 is 10.9 Å². The van der Waals surface area contributed by atoms with Gasteiger partial charge in [0, 0.05) is 11.9 Å². The molecule has 0 radical (unpaired) electrons. The minimum absolute atomic E-state index is 0.0220. The number of H-pyrrole nitrogens is 1. The zero-order valence-electron chi connectivity index (χ0n) is 13.7. The lowest BCUT2D eigenvalue weighted by molar-refractivity contribution is 0.664. The van der Waals surface area contributed by atoms with Crippen molar-refractivity contribution < 1.29 is 0 Å². The number of aryl methyl sites for hydroxylation is 1. The lowest BCUT2D eigenvalue weighted by atomic mass is 9.96. The van der Waals surface area contributed by atoms with Crippen molar-refractivity contribution in [3.63, 3.8) is 0 Å². The highest BCUT2D eigenvalue weighted by atomic mass is 32.1. The number of thiocarbonyl (C=S) groups is 1. The van der Waals surface area contributed by atoms with Crippen molar-refractivity contribution in [3.05, 3.63) is 81.6 Å². The topological polar surface area (TPSA) is 57.2 Å². The van der Waals surface area contributed by atoms with Crippen molar-refractivity contribution in [2.24, 2.45) is 4.99 Å². The maximum absolute atomic E-state index is 12.6. The minimum atomic E-state index is -0.133. The van der Waals surface area contributed by atoms with E-state index in [9.17, 15) is 4.79 Å². The number of aromatic nitrogens is 1. The van der Waals surface area contributed by atoms with Crippen molar-refractivity contribution in [1.29, 1.82) is 0 Å². The van der Waals surface area contributed by atoms with E-state index in [2.05, 4.69) is 33.5 Å². The number of nitrogens with one attached hydrogen (secondary N) is 2. The molecule has 1 aromatic heterocycles. The summed E-state index contributed by atoms with van der Waals surface area (Å²) < 4.78 is 0. The molecule has 0 fully saturated rings. The standard InChI is InChI=1S/C20H17N3OS/c1-12-7-8-16-14(9-12)10-15(19(24)21-16)18-11-17(22-20(25)23-18)13-5-3-2-4-6-13/h2-10,17H,11H2,1H3,(H,21,24)(H,22,25). The lowest BCUT2D eigenvalue weighted by Gasteiger charge is -2.25. The quantitative estimate of drug-likeness (QED) is 0.696. The molecule has 1 aliphatic heterocycles. The number of benzene rings is 2. The third-order valence-corrected chi connectivity index (χ3v) is 4.65. The Morgan fingerprint density at radius 1 is 1.12 bits per heavy atom. The van der Waals surface area contributed by atoms with Gasteiger partial charge >= 0.3 is 0 Å². The summed E-state index contributed by atoms with van der Waals surface area (Å²) in [5, 5.41) is 4.64. The fourth-order valence-corrected chi connectivity index (χ4v) is 3.44. The molecule has 4 rings (SSSR count). The van der Waals surface area contributed by atoms with Crippen LogP contribution in [0.4, 0.5) is 0 Å². The fourth-order valence-electron chi connectivity index (χ4n) is 3.19. The molecule has 0 saturated carbocycles. The van der Waals surface area contributed by atoms with E-state index in [0.29, 0.717) is 17.1 Å². The molecule has 2 N–H and O–H groups in total. The molecular weight excluding hydrogens is 330 g/mol. The number of hydrogen-bond donors (Lipinski definition) is 2. The zero-order valence-corrected chi connectivity index (χ0v) is 14.6. The molecule has 1 aliphatic rings. The van der Waals surface area contributed by atoms with Gasteiger partial charge in [-0.05, 0) is 48.3 Å². The second kappa shape index (κ2) is 6.26. The van der Waals surface area contributed by atoms with Gasteiger partial charge in [-0.15, -0.1) is 0 Å². The molecule has 0 bridgehead atoms. The third-order valence-electron chi connectivity index (χ3n) is 4.44.